The molecule has 2 aliphatic rings. The third-order valence-corrected chi connectivity index (χ3v) is 5.15. The van der Waals surface area contributed by atoms with Crippen LogP contribution in [0.5, 0.6) is 0 Å². The molecule has 1 fully saturated rings. The molecule has 0 spiro atoms. The number of benzene rings is 1. The van der Waals surface area contributed by atoms with Gasteiger partial charge in [0, 0.05) is 45.0 Å². The molecule has 2 N–H and O–H groups in total. The van der Waals surface area contributed by atoms with E-state index in [1.165, 1.54) is 11.3 Å². The summed E-state index contributed by atoms with van der Waals surface area (Å²) < 4.78 is 5.82. The van der Waals surface area contributed by atoms with Gasteiger partial charge in [0.05, 0.1) is 5.60 Å². The predicted octanol–water partition coefficient (Wildman–Crippen LogP) is 2.79. The van der Waals surface area contributed by atoms with Gasteiger partial charge < -0.3 is 20.3 Å². The normalized spacial score (nSPS) is 25.5. The lowest BCUT2D eigenvalue weighted by Gasteiger charge is -2.27. The highest BCUT2D eigenvalue weighted by molar-refractivity contribution is 14.0. The second kappa shape index (κ2) is 9.07. The van der Waals surface area contributed by atoms with Crippen LogP contribution >= 0.6 is 24.0 Å². The molecule has 0 bridgehead atoms. The van der Waals surface area contributed by atoms with Crippen molar-refractivity contribution < 1.29 is 4.74 Å². The van der Waals surface area contributed by atoms with Gasteiger partial charge in [0.1, 0.15) is 0 Å². The maximum atomic E-state index is 5.82. The second-order valence-corrected chi connectivity index (χ2v) is 7.13. The van der Waals surface area contributed by atoms with E-state index in [4.69, 9.17) is 4.74 Å². The van der Waals surface area contributed by atoms with Crippen LogP contribution in [0.15, 0.2) is 29.3 Å². The van der Waals surface area contributed by atoms with Gasteiger partial charge in [-0.25, -0.2) is 0 Å². The zero-order valence-electron chi connectivity index (χ0n) is 15.5. The summed E-state index contributed by atoms with van der Waals surface area (Å²) >= 11 is 0. The SMILES string of the molecule is CN=C(NCCN1c2ccccc2CC1C)NCC1(C)CCCO1.I. The van der Waals surface area contributed by atoms with E-state index in [1.807, 2.05) is 7.05 Å². The molecule has 1 aromatic rings. The zero-order valence-corrected chi connectivity index (χ0v) is 17.9. The number of rotatable bonds is 5. The van der Waals surface area contributed by atoms with Gasteiger partial charge in [-0.2, -0.15) is 0 Å². The Hall–Kier alpha value is -1.02. The fourth-order valence-corrected chi connectivity index (χ4v) is 3.73. The number of para-hydroxylation sites is 1. The highest BCUT2D eigenvalue weighted by Gasteiger charge is 2.29. The molecule has 1 saturated heterocycles. The summed E-state index contributed by atoms with van der Waals surface area (Å²) in [7, 11) is 1.82. The number of nitrogens with zero attached hydrogens (tertiary/aromatic N) is 2. The molecule has 0 amide bonds. The molecule has 2 atom stereocenters. The molecule has 2 unspecified atom stereocenters. The van der Waals surface area contributed by atoms with Crippen molar-refractivity contribution in [3.8, 4) is 0 Å². The van der Waals surface area contributed by atoms with Gasteiger partial charge in [0.25, 0.3) is 0 Å². The van der Waals surface area contributed by atoms with Crippen LogP contribution in [0.1, 0.15) is 32.3 Å². The van der Waals surface area contributed by atoms with Crippen LogP contribution < -0.4 is 15.5 Å². The van der Waals surface area contributed by atoms with Gasteiger partial charge in [-0.15, -0.1) is 24.0 Å². The van der Waals surface area contributed by atoms with Crippen LogP contribution in [-0.2, 0) is 11.2 Å². The quantitative estimate of drug-likeness (QED) is 0.405. The average Bonchev–Trinajstić information content (AvgIpc) is 3.15. The van der Waals surface area contributed by atoms with Gasteiger partial charge in [-0.05, 0) is 44.7 Å². The molecule has 140 valence electrons. The minimum Gasteiger partial charge on any atom is -0.373 e. The van der Waals surface area contributed by atoms with Crippen molar-refractivity contribution >= 4 is 35.6 Å². The highest BCUT2D eigenvalue weighted by atomic mass is 127. The minimum atomic E-state index is -0.0555. The highest BCUT2D eigenvalue weighted by Crippen LogP contribution is 2.31. The molecular weight excluding hydrogens is 427 g/mol. The van der Waals surface area contributed by atoms with E-state index in [0.717, 1.165) is 51.5 Å². The van der Waals surface area contributed by atoms with Gasteiger partial charge in [-0.3, -0.25) is 4.99 Å². The number of fused-ring (bicyclic) bond motifs is 1. The summed E-state index contributed by atoms with van der Waals surface area (Å²) in [6.45, 7) is 7.99. The van der Waals surface area contributed by atoms with Crippen molar-refractivity contribution in [1.29, 1.82) is 0 Å². The van der Waals surface area contributed by atoms with Crippen LogP contribution in [0.4, 0.5) is 5.69 Å². The molecule has 0 aromatic heterocycles. The first-order chi connectivity index (χ1) is 11.6. The Morgan fingerprint density at radius 2 is 2.16 bits per heavy atom. The number of guanidine groups is 1. The lowest BCUT2D eigenvalue weighted by molar-refractivity contribution is 0.0243. The molecule has 2 aliphatic heterocycles. The molecule has 5 nitrogen and oxygen atoms in total. The number of hydrogen-bond donors (Lipinski definition) is 2. The third kappa shape index (κ3) is 5.00. The molecule has 3 rings (SSSR count). The number of aliphatic imine (C=N–C) groups is 1. The molecular formula is C19H31IN4O. The van der Waals surface area contributed by atoms with E-state index >= 15 is 0 Å². The van der Waals surface area contributed by atoms with Gasteiger partial charge >= 0.3 is 0 Å². The number of hydrogen-bond acceptors (Lipinski definition) is 3. The largest absolute Gasteiger partial charge is 0.373 e. The number of ether oxygens (including phenoxy) is 1. The summed E-state index contributed by atoms with van der Waals surface area (Å²) in [6.07, 6.45) is 3.40. The van der Waals surface area contributed by atoms with Crippen LogP contribution in [-0.4, -0.2) is 50.9 Å². The first-order valence-electron chi connectivity index (χ1n) is 9.04. The lowest BCUT2D eigenvalue weighted by Crippen LogP contribution is -2.47. The van der Waals surface area contributed by atoms with Crippen molar-refractivity contribution in [2.75, 3.05) is 38.2 Å². The first kappa shape index (κ1) is 20.3. The minimum absolute atomic E-state index is 0. The maximum absolute atomic E-state index is 5.82. The summed E-state index contributed by atoms with van der Waals surface area (Å²) in [5, 5.41) is 6.83. The van der Waals surface area contributed by atoms with E-state index in [-0.39, 0.29) is 29.6 Å². The first-order valence-corrected chi connectivity index (χ1v) is 9.04. The van der Waals surface area contributed by atoms with Gasteiger partial charge in [-0.1, -0.05) is 18.2 Å². The summed E-state index contributed by atoms with van der Waals surface area (Å²) in [4.78, 5) is 6.81. The molecule has 0 saturated carbocycles. The smallest absolute Gasteiger partial charge is 0.191 e. The van der Waals surface area contributed by atoms with Crippen molar-refractivity contribution in [1.82, 2.24) is 10.6 Å². The van der Waals surface area contributed by atoms with Crippen molar-refractivity contribution in [2.45, 2.75) is 44.8 Å². The van der Waals surface area contributed by atoms with Crippen LogP contribution in [0.25, 0.3) is 0 Å². The Labute approximate surface area is 168 Å². The summed E-state index contributed by atoms with van der Waals surface area (Å²) in [5.41, 5.74) is 2.78. The van der Waals surface area contributed by atoms with E-state index in [1.54, 1.807) is 0 Å². The Morgan fingerprint density at radius 1 is 1.36 bits per heavy atom. The predicted molar refractivity (Wildman–Crippen MR) is 115 cm³/mol. The van der Waals surface area contributed by atoms with E-state index in [2.05, 4.69) is 58.6 Å². The van der Waals surface area contributed by atoms with Gasteiger partial charge in [0.15, 0.2) is 5.96 Å². The van der Waals surface area contributed by atoms with Crippen LogP contribution in [0, 0.1) is 0 Å². The van der Waals surface area contributed by atoms with Crippen molar-refractivity contribution in [3.63, 3.8) is 0 Å². The van der Waals surface area contributed by atoms with Gasteiger partial charge in [0.2, 0.25) is 0 Å². The monoisotopic (exact) mass is 458 g/mol. The van der Waals surface area contributed by atoms with E-state index in [9.17, 15) is 0 Å². The Balaban J connectivity index is 0.00000225. The van der Waals surface area contributed by atoms with Crippen LogP contribution in [0.2, 0.25) is 0 Å². The summed E-state index contributed by atoms with van der Waals surface area (Å²) in [5.74, 6) is 0.854. The van der Waals surface area contributed by atoms with E-state index in [0.29, 0.717) is 6.04 Å². The molecule has 25 heavy (non-hydrogen) atoms. The molecule has 0 aliphatic carbocycles. The van der Waals surface area contributed by atoms with E-state index < -0.39 is 0 Å². The maximum Gasteiger partial charge on any atom is 0.191 e. The molecule has 2 heterocycles. The summed E-state index contributed by atoms with van der Waals surface area (Å²) in [6, 6.07) is 9.28. The second-order valence-electron chi connectivity index (χ2n) is 7.13. The Morgan fingerprint density at radius 3 is 2.88 bits per heavy atom. The fraction of sp³-hybridized carbons (Fsp3) is 0.632. The number of halogens is 1. The molecule has 1 aromatic carbocycles. The molecule has 0 radical (unpaired) electrons. The lowest BCUT2D eigenvalue weighted by atomic mass is 10.0. The van der Waals surface area contributed by atoms with Crippen molar-refractivity contribution in [3.05, 3.63) is 29.8 Å². The topological polar surface area (TPSA) is 48.9 Å². The zero-order chi connectivity index (χ0) is 17.0. The number of nitrogens with one attached hydrogen (secondary N) is 2. The number of anilines is 1. The Bertz CT molecular complexity index is 587. The van der Waals surface area contributed by atoms with Crippen molar-refractivity contribution in [2.24, 2.45) is 4.99 Å². The standard InChI is InChI=1S/C19H30N4O.HI/c1-15-13-16-7-4-5-8-17(16)23(15)11-10-21-18(20-3)22-14-19(2)9-6-12-24-19;/h4-5,7-8,15H,6,9-14H2,1-3H3,(H2,20,21,22);1H. The van der Waals surface area contributed by atoms with Crippen LogP contribution in [0.3, 0.4) is 0 Å². The fourth-order valence-electron chi connectivity index (χ4n) is 3.73. The average molecular weight is 458 g/mol. The third-order valence-electron chi connectivity index (χ3n) is 5.15. The molecule has 6 heteroatoms. The Kier molecular flexibility index (Phi) is 7.37.